The van der Waals surface area contributed by atoms with Crippen molar-refractivity contribution < 1.29 is 23.2 Å². The van der Waals surface area contributed by atoms with E-state index in [0.717, 1.165) is 25.0 Å². The van der Waals surface area contributed by atoms with Gasteiger partial charge in [-0.3, -0.25) is 10.1 Å². The van der Waals surface area contributed by atoms with Crippen molar-refractivity contribution in [1.29, 1.82) is 0 Å². The van der Waals surface area contributed by atoms with Crippen LogP contribution < -0.4 is 5.32 Å². The summed E-state index contributed by atoms with van der Waals surface area (Å²) >= 11 is 0. The standard InChI is InChI=1S/C13H15F3N2O3/c1-12(7-19,8-2-3-8)17-10-5-4-9(13(14,15)16)6-11(10)18(20)21/h4-6,8,17,19H,2-3,7H2,1H3/t12-/m0/s1. The van der Waals surface area contributed by atoms with Gasteiger partial charge in [0, 0.05) is 6.07 Å². The van der Waals surface area contributed by atoms with Crippen molar-refractivity contribution in [3.63, 3.8) is 0 Å². The van der Waals surface area contributed by atoms with Gasteiger partial charge in [0.05, 0.1) is 22.6 Å². The predicted octanol–water partition coefficient (Wildman–Crippen LogP) is 3.19. The Balaban J connectivity index is 2.37. The van der Waals surface area contributed by atoms with E-state index in [9.17, 15) is 28.4 Å². The average Bonchev–Trinajstić information content (AvgIpc) is 3.22. The fraction of sp³-hybridized carbons (Fsp3) is 0.538. The summed E-state index contributed by atoms with van der Waals surface area (Å²) in [4.78, 5) is 10.1. The van der Waals surface area contributed by atoms with Crippen molar-refractivity contribution in [2.45, 2.75) is 31.5 Å². The van der Waals surface area contributed by atoms with Gasteiger partial charge in [-0.15, -0.1) is 0 Å². The summed E-state index contributed by atoms with van der Waals surface area (Å²) in [6.45, 7) is 1.45. The molecule has 1 aromatic rings. The lowest BCUT2D eigenvalue weighted by Gasteiger charge is -2.30. The second kappa shape index (κ2) is 5.18. The zero-order valence-electron chi connectivity index (χ0n) is 11.3. The van der Waals surface area contributed by atoms with Crippen LogP contribution in [0.5, 0.6) is 0 Å². The Hall–Kier alpha value is -1.83. The predicted molar refractivity (Wildman–Crippen MR) is 69.9 cm³/mol. The van der Waals surface area contributed by atoms with E-state index in [-0.39, 0.29) is 18.2 Å². The summed E-state index contributed by atoms with van der Waals surface area (Å²) < 4.78 is 37.9. The van der Waals surface area contributed by atoms with Gasteiger partial charge in [0.2, 0.25) is 0 Å². The molecule has 1 saturated carbocycles. The normalized spacial score (nSPS) is 18.1. The molecule has 0 bridgehead atoms. The van der Waals surface area contributed by atoms with Gasteiger partial charge in [-0.05, 0) is 37.8 Å². The Morgan fingerprint density at radius 2 is 2.05 bits per heavy atom. The largest absolute Gasteiger partial charge is 0.416 e. The van der Waals surface area contributed by atoms with Gasteiger partial charge in [0.25, 0.3) is 5.69 Å². The maximum Gasteiger partial charge on any atom is 0.416 e. The number of aliphatic hydroxyl groups excluding tert-OH is 1. The summed E-state index contributed by atoms with van der Waals surface area (Å²) in [5.74, 6) is 0.157. The van der Waals surface area contributed by atoms with Gasteiger partial charge in [0.15, 0.2) is 0 Å². The van der Waals surface area contributed by atoms with Crippen LogP contribution in [0.4, 0.5) is 24.5 Å². The minimum absolute atomic E-state index is 0.0172. The molecule has 0 heterocycles. The highest BCUT2D eigenvalue weighted by molar-refractivity contribution is 5.64. The number of nitrogens with one attached hydrogen (secondary N) is 1. The van der Waals surface area contributed by atoms with Crippen LogP contribution in [0.1, 0.15) is 25.3 Å². The summed E-state index contributed by atoms with van der Waals surface area (Å²) in [6.07, 6.45) is -2.89. The lowest BCUT2D eigenvalue weighted by molar-refractivity contribution is -0.384. The Labute approximate surface area is 118 Å². The molecule has 0 spiro atoms. The monoisotopic (exact) mass is 304 g/mol. The second-order valence-corrected chi connectivity index (χ2v) is 5.46. The first-order valence-corrected chi connectivity index (χ1v) is 6.42. The molecule has 1 aliphatic rings. The van der Waals surface area contributed by atoms with Gasteiger partial charge in [-0.25, -0.2) is 0 Å². The van der Waals surface area contributed by atoms with Crippen LogP contribution in [0.3, 0.4) is 0 Å². The van der Waals surface area contributed by atoms with Crippen LogP contribution in [-0.2, 0) is 6.18 Å². The first kappa shape index (κ1) is 15.6. The third-order valence-electron chi connectivity index (χ3n) is 3.75. The van der Waals surface area contributed by atoms with Crippen LogP contribution >= 0.6 is 0 Å². The van der Waals surface area contributed by atoms with Crippen LogP contribution in [0, 0.1) is 16.0 Å². The minimum Gasteiger partial charge on any atom is -0.394 e. The molecule has 0 amide bonds. The molecule has 0 aliphatic heterocycles. The first-order chi connectivity index (χ1) is 9.67. The third kappa shape index (κ3) is 3.26. The number of alkyl halides is 3. The van der Waals surface area contributed by atoms with Crippen LogP contribution in [0.25, 0.3) is 0 Å². The number of hydrogen-bond donors (Lipinski definition) is 2. The minimum atomic E-state index is -4.64. The fourth-order valence-electron chi connectivity index (χ4n) is 2.26. The maximum atomic E-state index is 12.6. The van der Waals surface area contributed by atoms with Gasteiger partial charge in [-0.2, -0.15) is 13.2 Å². The molecule has 2 N–H and O–H groups in total. The Morgan fingerprint density at radius 3 is 2.48 bits per heavy atom. The molecule has 1 fully saturated rings. The number of nitro groups is 1. The smallest absolute Gasteiger partial charge is 0.394 e. The van der Waals surface area contributed by atoms with E-state index in [1.165, 1.54) is 0 Å². The zero-order valence-corrected chi connectivity index (χ0v) is 11.3. The van der Waals surface area contributed by atoms with E-state index in [0.29, 0.717) is 6.07 Å². The molecule has 116 valence electrons. The highest BCUT2D eigenvalue weighted by atomic mass is 19.4. The molecule has 2 rings (SSSR count). The van der Waals surface area contributed by atoms with E-state index in [2.05, 4.69) is 5.32 Å². The van der Waals surface area contributed by atoms with Crippen LogP contribution in [0.2, 0.25) is 0 Å². The molecule has 8 heteroatoms. The number of aliphatic hydroxyl groups is 1. The number of halogens is 3. The highest BCUT2D eigenvalue weighted by Gasteiger charge is 2.42. The summed E-state index contributed by atoms with van der Waals surface area (Å²) in [6, 6.07) is 2.34. The molecule has 0 unspecified atom stereocenters. The number of benzene rings is 1. The van der Waals surface area contributed by atoms with Crippen molar-refractivity contribution in [2.24, 2.45) is 5.92 Å². The van der Waals surface area contributed by atoms with Crippen molar-refractivity contribution in [3.05, 3.63) is 33.9 Å². The second-order valence-electron chi connectivity index (χ2n) is 5.46. The van der Waals surface area contributed by atoms with E-state index in [1.54, 1.807) is 6.92 Å². The summed E-state index contributed by atoms with van der Waals surface area (Å²) in [5.41, 5.74) is -2.51. The summed E-state index contributed by atoms with van der Waals surface area (Å²) in [7, 11) is 0. The molecule has 1 atom stereocenters. The van der Waals surface area contributed by atoms with Crippen LogP contribution in [-0.4, -0.2) is 22.2 Å². The molecule has 0 aromatic heterocycles. The lowest BCUT2D eigenvalue weighted by atomic mass is 9.96. The topological polar surface area (TPSA) is 75.4 Å². The van der Waals surface area contributed by atoms with E-state index < -0.39 is 27.9 Å². The molecule has 1 aromatic carbocycles. The van der Waals surface area contributed by atoms with Gasteiger partial charge in [-0.1, -0.05) is 0 Å². The van der Waals surface area contributed by atoms with Crippen molar-refractivity contribution in [1.82, 2.24) is 0 Å². The summed E-state index contributed by atoms with van der Waals surface area (Å²) in [5, 5.41) is 23.3. The molecule has 5 nitrogen and oxygen atoms in total. The average molecular weight is 304 g/mol. The van der Waals surface area contributed by atoms with E-state index in [4.69, 9.17) is 0 Å². The molecule has 1 aliphatic carbocycles. The van der Waals surface area contributed by atoms with Crippen molar-refractivity contribution >= 4 is 11.4 Å². The Bertz CT molecular complexity index is 558. The lowest BCUT2D eigenvalue weighted by Crippen LogP contribution is -2.41. The number of nitrogens with zero attached hydrogens (tertiary/aromatic N) is 1. The molecule has 0 radical (unpaired) electrons. The highest BCUT2D eigenvalue weighted by Crippen LogP contribution is 2.43. The van der Waals surface area contributed by atoms with Gasteiger partial charge < -0.3 is 10.4 Å². The van der Waals surface area contributed by atoms with Gasteiger partial charge >= 0.3 is 6.18 Å². The fourth-order valence-corrected chi connectivity index (χ4v) is 2.26. The van der Waals surface area contributed by atoms with E-state index in [1.807, 2.05) is 0 Å². The number of rotatable bonds is 5. The molecular weight excluding hydrogens is 289 g/mol. The Morgan fingerprint density at radius 1 is 1.43 bits per heavy atom. The SMILES string of the molecule is C[C@@](CO)(Nc1ccc(C(F)(F)F)cc1[N+](=O)[O-])C1CC1. The van der Waals surface area contributed by atoms with Crippen molar-refractivity contribution in [2.75, 3.05) is 11.9 Å². The zero-order chi connectivity index (χ0) is 15.8. The Kier molecular flexibility index (Phi) is 3.83. The maximum absolute atomic E-state index is 12.6. The van der Waals surface area contributed by atoms with Crippen molar-refractivity contribution in [3.8, 4) is 0 Å². The first-order valence-electron chi connectivity index (χ1n) is 6.42. The number of nitro benzene ring substituents is 1. The molecule has 21 heavy (non-hydrogen) atoms. The number of hydrogen-bond acceptors (Lipinski definition) is 4. The molecular formula is C13H15F3N2O3. The van der Waals surface area contributed by atoms with Crippen LogP contribution in [0.15, 0.2) is 18.2 Å². The third-order valence-corrected chi connectivity index (χ3v) is 3.75. The molecule has 0 saturated heterocycles. The van der Waals surface area contributed by atoms with E-state index >= 15 is 0 Å². The number of anilines is 1. The van der Waals surface area contributed by atoms with Gasteiger partial charge in [0.1, 0.15) is 5.69 Å². The quantitative estimate of drug-likeness (QED) is 0.647.